The van der Waals surface area contributed by atoms with Crippen molar-refractivity contribution in [3.05, 3.63) is 16.8 Å². The van der Waals surface area contributed by atoms with E-state index in [1.54, 1.807) is 13.4 Å². The number of rotatable bonds is 7. The SMILES string of the molecule is CC[C@@H](COC)Nc1ncnc2sc(C(=O)NC3CCCCC3)c(C)c12. The van der Waals surface area contributed by atoms with Crippen LogP contribution in [-0.2, 0) is 4.74 Å². The zero-order valence-corrected chi connectivity index (χ0v) is 16.6. The minimum atomic E-state index is 0.0206. The quantitative estimate of drug-likeness (QED) is 0.766. The predicted octanol–water partition coefficient (Wildman–Crippen LogP) is 3.90. The molecule has 3 rings (SSSR count). The first kappa shape index (κ1) is 19.0. The van der Waals surface area contributed by atoms with Gasteiger partial charge in [0, 0.05) is 13.2 Å². The number of amides is 1. The molecule has 0 spiro atoms. The summed E-state index contributed by atoms with van der Waals surface area (Å²) in [4.78, 5) is 23.2. The van der Waals surface area contributed by atoms with Gasteiger partial charge in [0.25, 0.3) is 5.91 Å². The van der Waals surface area contributed by atoms with E-state index in [-0.39, 0.29) is 11.9 Å². The molecule has 0 unspecified atom stereocenters. The largest absolute Gasteiger partial charge is 0.383 e. The van der Waals surface area contributed by atoms with Gasteiger partial charge in [0.05, 0.1) is 22.9 Å². The van der Waals surface area contributed by atoms with Crippen molar-refractivity contribution < 1.29 is 9.53 Å². The van der Waals surface area contributed by atoms with Gasteiger partial charge in [-0.1, -0.05) is 26.2 Å². The Hall–Kier alpha value is -1.73. The number of hydrogen-bond acceptors (Lipinski definition) is 6. The standard InChI is InChI=1S/C19H28N4O2S/c1-4-13(10-25-3)22-17-15-12(2)16(26-19(15)21-11-20-17)18(24)23-14-8-6-5-7-9-14/h11,13-14H,4-10H2,1-3H3,(H,23,24)(H,20,21,22)/t13-/m0/s1. The number of aromatic nitrogens is 2. The Balaban J connectivity index is 1.85. The molecule has 7 heteroatoms. The van der Waals surface area contributed by atoms with Gasteiger partial charge in [0.1, 0.15) is 17.0 Å². The van der Waals surface area contributed by atoms with E-state index in [0.29, 0.717) is 12.6 Å². The Morgan fingerprint density at radius 3 is 2.81 bits per heavy atom. The van der Waals surface area contributed by atoms with Crippen molar-refractivity contribution in [3.8, 4) is 0 Å². The molecule has 1 atom stereocenters. The predicted molar refractivity (Wildman–Crippen MR) is 106 cm³/mol. The molecule has 2 aromatic rings. The monoisotopic (exact) mass is 376 g/mol. The molecule has 26 heavy (non-hydrogen) atoms. The third kappa shape index (κ3) is 4.15. The molecular formula is C19H28N4O2S. The van der Waals surface area contributed by atoms with Crippen LogP contribution >= 0.6 is 11.3 Å². The maximum Gasteiger partial charge on any atom is 0.261 e. The summed E-state index contributed by atoms with van der Waals surface area (Å²) in [6, 6.07) is 0.479. The number of aryl methyl sites for hydroxylation is 1. The van der Waals surface area contributed by atoms with Gasteiger partial charge < -0.3 is 15.4 Å². The number of hydrogen-bond donors (Lipinski definition) is 2. The molecule has 1 saturated carbocycles. The van der Waals surface area contributed by atoms with Gasteiger partial charge in [0.15, 0.2) is 0 Å². The first-order valence-electron chi connectivity index (χ1n) is 9.44. The highest BCUT2D eigenvalue weighted by molar-refractivity contribution is 7.20. The lowest BCUT2D eigenvalue weighted by atomic mass is 9.95. The summed E-state index contributed by atoms with van der Waals surface area (Å²) >= 11 is 1.45. The molecule has 1 aliphatic carbocycles. The minimum absolute atomic E-state index is 0.0206. The van der Waals surface area contributed by atoms with Crippen LogP contribution < -0.4 is 10.6 Å². The summed E-state index contributed by atoms with van der Waals surface area (Å²) in [6.07, 6.45) is 8.33. The lowest BCUT2D eigenvalue weighted by Gasteiger charge is -2.22. The van der Waals surface area contributed by atoms with E-state index < -0.39 is 0 Å². The number of fused-ring (bicyclic) bond motifs is 1. The maximum atomic E-state index is 12.8. The van der Waals surface area contributed by atoms with E-state index in [2.05, 4.69) is 27.5 Å². The van der Waals surface area contributed by atoms with Crippen molar-refractivity contribution in [1.82, 2.24) is 15.3 Å². The van der Waals surface area contributed by atoms with Crippen molar-refractivity contribution in [3.63, 3.8) is 0 Å². The second kappa shape index (κ2) is 8.77. The van der Waals surface area contributed by atoms with Gasteiger partial charge in [-0.3, -0.25) is 4.79 Å². The van der Waals surface area contributed by atoms with Crippen LogP contribution in [0.2, 0.25) is 0 Å². The van der Waals surface area contributed by atoms with E-state index in [1.807, 2.05) is 6.92 Å². The Kier molecular flexibility index (Phi) is 6.43. The lowest BCUT2D eigenvalue weighted by Crippen LogP contribution is -2.36. The van der Waals surface area contributed by atoms with Gasteiger partial charge in [0.2, 0.25) is 0 Å². The molecule has 1 aliphatic rings. The summed E-state index contributed by atoms with van der Waals surface area (Å²) in [5, 5.41) is 7.60. The van der Waals surface area contributed by atoms with Crippen molar-refractivity contribution in [2.45, 2.75) is 64.5 Å². The number of carbonyl (C=O) groups is 1. The van der Waals surface area contributed by atoms with Crippen LogP contribution in [0, 0.1) is 6.92 Å². The maximum absolute atomic E-state index is 12.8. The van der Waals surface area contributed by atoms with Crippen LogP contribution in [0.5, 0.6) is 0 Å². The highest BCUT2D eigenvalue weighted by atomic mass is 32.1. The van der Waals surface area contributed by atoms with E-state index in [9.17, 15) is 4.79 Å². The fraction of sp³-hybridized carbons (Fsp3) is 0.632. The molecule has 0 saturated heterocycles. The first-order valence-corrected chi connectivity index (χ1v) is 10.3. The fourth-order valence-corrected chi connectivity index (χ4v) is 4.60. The van der Waals surface area contributed by atoms with Gasteiger partial charge in [-0.2, -0.15) is 0 Å². The fourth-order valence-electron chi connectivity index (χ4n) is 3.55. The lowest BCUT2D eigenvalue weighted by molar-refractivity contribution is 0.0931. The molecule has 1 amide bonds. The summed E-state index contributed by atoms with van der Waals surface area (Å²) < 4.78 is 5.27. The Labute approximate surface area is 158 Å². The van der Waals surface area contributed by atoms with E-state index in [1.165, 1.54) is 30.6 Å². The normalized spacial score (nSPS) is 16.6. The van der Waals surface area contributed by atoms with Gasteiger partial charge in [-0.25, -0.2) is 9.97 Å². The molecule has 2 N–H and O–H groups in total. The number of ether oxygens (including phenoxy) is 1. The molecule has 6 nitrogen and oxygen atoms in total. The topological polar surface area (TPSA) is 76.1 Å². The summed E-state index contributed by atoms with van der Waals surface area (Å²) in [6.45, 7) is 4.71. The molecule has 0 aliphatic heterocycles. The van der Waals surface area contributed by atoms with Crippen molar-refractivity contribution >= 4 is 33.3 Å². The van der Waals surface area contributed by atoms with Crippen LogP contribution in [0.3, 0.4) is 0 Å². The van der Waals surface area contributed by atoms with Crippen LogP contribution in [0.1, 0.15) is 60.7 Å². The molecule has 2 heterocycles. The summed E-state index contributed by atoms with van der Waals surface area (Å²) in [7, 11) is 1.70. The molecule has 2 aromatic heterocycles. The highest BCUT2D eigenvalue weighted by Gasteiger charge is 2.23. The second-order valence-corrected chi connectivity index (χ2v) is 7.97. The molecule has 0 aromatic carbocycles. The number of thiophene rings is 1. The van der Waals surface area contributed by atoms with Crippen molar-refractivity contribution in [1.29, 1.82) is 0 Å². The molecule has 0 bridgehead atoms. The zero-order chi connectivity index (χ0) is 18.5. The number of carbonyl (C=O) groups excluding carboxylic acids is 1. The highest BCUT2D eigenvalue weighted by Crippen LogP contribution is 2.34. The van der Waals surface area contributed by atoms with E-state index in [4.69, 9.17) is 4.74 Å². The molecule has 142 valence electrons. The Morgan fingerprint density at radius 2 is 2.12 bits per heavy atom. The number of methoxy groups -OCH3 is 1. The molecular weight excluding hydrogens is 348 g/mol. The van der Waals surface area contributed by atoms with Crippen LogP contribution in [0.25, 0.3) is 10.2 Å². The molecule has 1 fully saturated rings. The summed E-state index contributed by atoms with van der Waals surface area (Å²) in [5.41, 5.74) is 0.952. The van der Waals surface area contributed by atoms with Crippen LogP contribution in [-0.4, -0.2) is 41.7 Å². The van der Waals surface area contributed by atoms with E-state index in [0.717, 1.165) is 45.7 Å². The molecule has 0 radical (unpaired) electrons. The third-order valence-electron chi connectivity index (χ3n) is 5.07. The van der Waals surface area contributed by atoms with Crippen LogP contribution in [0.4, 0.5) is 5.82 Å². The second-order valence-electron chi connectivity index (χ2n) is 6.97. The Bertz CT molecular complexity index is 755. The average Bonchev–Trinajstić information content (AvgIpc) is 3.00. The number of nitrogens with one attached hydrogen (secondary N) is 2. The van der Waals surface area contributed by atoms with Crippen molar-refractivity contribution in [2.75, 3.05) is 19.0 Å². The zero-order valence-electron chi connectivity index (χ0n) is 15.8. The Morgan fingerprint density at radius 1 is 1.35 bits per heavy atom. The van der Waals surface area contributed by atoms with Gasteiger partial charge in [-0.15, -0.1) is 11.3 Å². The number of nitrogens with zero attached hydrogens (tertiary/aromatic N) is 2. The third-order valence-corrected chi connectivity index (χ3v) is 6.27. The minimum Gasteiger partial charge on any atom is -0.383 e. The smallest absolute Gasteiger partial charge is 0.261 e. The van der Waals surface area contributed by atoms with Gasteiger partial charge >= 0.3 is 0 Å². The number of anilines is 1. The van der Waals surface area contributed by atoms with Gasteiger partial charge in [-0.05, 0) is 31.7 Å². The van der Waals surface area contributed by atoms with E-state index >= 15 is 0 Å². The van der Waals surface area contributed by atoms with Crippen LogP contribution in [0.15, 0.2) is 6.33 Å². The summed E-state index contributed by atoms with van der Waals surface area (Å²) in [5.74, 6) is 0.802. The average molecular weight is 377 g/mol. The van der Waals surface area contributed by atoms with Crippen molar-refractivity contribution in [2.24, 2.45) is 0 Å². The first-order chi connectivity index (χ1) is 12.6.